The number of Topliss-reactive ketones (excluding diaryl/α,β-unsaturated/α-hetero) is 1. The van der Waals surface area contributed by atoms with Crippen molar-refractivity contribution in [2.24, 2.45) is 0 Å². The van der Waals surface area contributed by atoms with Crippen LogP contribution in [0.4, 0.5) is 0 Å². The van der Waals surface area contributed by atoms with Crippen LogP contribution in [0.15, 0.2) is 30.3 Å². The molecule has 1 N–H and O–H groups in total. The molecule has 1 unspecified atom stereocenters. The van der Waals surface area contributed by atoms with Crippen LogP contribution in [0, 0.1) is 0 Å². The van der Waals surface area contributed by atoms with Crippen LogP contribution in [0.3, 0.4) is 0 Å². The Morgan fingerprint density at radius 1 is 1.27 bits per heavy atom. The van der Waals surface area contributed by atoms with Gasteiger partial charge in [0.2, 0.25) is 5.78 Å². The van der Waals surface area contributed by atoms with Gasteiger partial charge in [0.1, 0.15) is 0 Å². The number of benzene rings is 1. The monoisotopic (exact) mass is 206 g/mol. The van der Waals surface area contributed by atoms with E-state index in [1.165, 1.54) is 0 Å². The molecule has 80 valence electrons. The lowest BCUT2D eigenvalue weighted by Crippen LogP contribution is -2.15. The first-order chi connectivity index (χ1) is 7.15. The molecule has 1 rings (SSSR count). The van der Waals surface area contributed by atoms with Crippen LogP contribution in [0.25, 0.3) is 0 Å². The van der Waals surface area contributed by atoms with Gasteiger partial charge in [-0.2, -0.15) is 0 Å². The second kappa shape index (κ2) is 5.29. The van der Waals surface area contributed by atoms with Gasteiger partial charge in [0, 0.05) is 6.42 Å². The number of rotatable bonds is 5. The number of hydrogen-bond acceptors (Lipinski definition) is 2. The number of carbonyl (C=O) groups excluding carboxylic acids is 1. The first-order valence-corrected chi connectivity index (χ1v) is 4.96. The van der Waals surface area contributed by atoms with E-state index in [-0.39, 0.29) is 12.3 Å². The first-order valence-electron chi connectivity index (χ1n) is 4.96. The number of carbonyl (C=O) groups is 2. The Kier molecular flexibility index (Phi) is 4.03. The van der Waals surface area contributed by atoms with Crippen molar-refractivity contribution in [3.8, 4) is 0 Å². The fourth-order valence-corrected chi connectivity index (χ4v) is 1.53. The molecule has 3 nitrogen and oxygen atoms in total. The van der Waals surface area contributed by atoms with Crippen LogP contribution in [0.2, 0.25) is 0 Å². The lowest BCUT2D eigenvalue weighted by Gasteiger charge is -2.12. The highest BCUT2D eigenvalue weighted by atomic mass is 16.4. The van der Waals surface area contributed by atoms with Gasteiger partial charge >= 0.3 is 5.97 Å². The smallest absolute Gasteiger partial charge is 0.372 e. The third-order valence-electron chi connectivity index (χ3n) is 2.43. The molecule has 0 bridgehead atoms. The fourth-order valence-electron chi connectivity index (χ4n) is 1.53. The highest BCUT2D eigenvalue weighted by Gasteiger charge is 2.18. The van der Waals surface area contributed by atoms with Crippen molar-refractivity contribution in [3.63, 3.8) is 0 Å². The average Bonchev–Trinajstić information content (AvgIpc) is 2.26. The molecule has 0 aliphatic rings. The maximum absolute atomic E-state index is 11.1. The molecule has 1 aromatic carbocycles. The second-order valence-electron chi connectivity index (χ2n) is 3.45. The molecule has 0 saturated carbocycles. The Labute approximate surface area is 88.7 Å². The predicted molar refractivity (Wildman–Crippen MR) is 56.7 cm³/mol. The molecule has 0 aliphatic carbocycles. The van der Waals surface area contributed by atoms with E-state index >= 15 is 0 Å². The Morgan fingerprint density at radius 2 is 1.87 bits per heavy atom. The largest absolute Gasteiger partial charge is 0.476 e. The van der Waals surface area contributed by atoms with Crippen molar-refractivity contribution in [2.75, 3.05) is 0 Å². The van der Waals surface area contributed by atoms with Crippen molar-refractivity contribution in [1.82, 2.24) is 0 Å². The van der Waals surface area contributed by atoms with E-state index in [4.69, 9.17) is 5.11 Å². The van der Waals surface area contributed by atoms with Crippen LogP contribution >= 0.6 is 0 Å². The van der Waals surface area contributed by atoms with E-state index in [9.17, 15) is 9.59 Å². The number of aliphatic carboxylic acids is 1. The molecule has 15 heavy (non-hydrogen) atoms. The van der Waals surface area contributed by atoms with Gasteiger partial charge < -0.3 is 5.11 Å². The van der Waals surface area contributed by atoms with Gasteiger partial charge in [0.25, 0.3) is 0 Å². The van der Waals surface area contributed by atoms with E-state index in [1.807, 2.05) is 37.3 Å². The van der Waals surface area contributed by atoms with E-state index in [2.05, 4.69) is 0 Å². The molecule has 1 atom stereocenters. The fraction of sp³-hybridized carbons (Fsp3) is 0.333. The van der Waals surface area contributed by atoms with Gasteiger partial charge in [0.05, 0.1) is 0 Å². The van der Waals surface area contributed by atoms with Crippen LogP contribution < -0.4 is 0 Å². The summed E-state index contributed by atoms with van der Waals surface area (Å²) in [5.41, 5.74) is 1.02. The number of hydrogen-bond donors (Lipinski definition) is 1. The van der Waals surface area contributed by atoms with Crippen LogP contribution in [-0.4, -0.2) is 16.9 Å². The zero-order valence-corrected chi connectivity index (χ0v) is 8.64. The van der Waals surface area contributed by atoms with Crippen molar-refractivity contribution in [1.29, 1.82) is 0 Å². The van der Waals surface area contributed by atoms with E-state index in [0.717, 1.165) is 12.0 Å². The quantitative estimate of drug-likeness (QED) is 0.751. The summed E-state index contributed by atoms with van der Waals surface area (Å²) in [6.45, 7) is 1.95. The third-order valence-corrected chi connectivity index (χ3v) is 2.43. The van der Waals surface area contributed by atoms with E-state index in [1.54, 1.807) is 0 Å². The number of carboxylic acids is 1. The summed E-state index contributed by atoms with van der Waals surface area (Å²) >= 11 is 0. The highest BCUT2D eigenvalue weighted by molar-refractivity contribution is 6.32. The molecule has 0 radical (unpaired) electrons. The van der Waals surface area contributed by atoms with Crippen molar-refractivity contribution >= 4 is 11.8 Å². The van der Waals surface area contributed by atoms with Crippen LogP contribution in [0.1, 0.15) is 31.2 Å². The molecule has 3 heteroatoms. The maximum Gasteiger partial charge on any atom is 0.372 e. The molecule has 1 aromatic rings. The third kappa shape index (κ3) is 3.20. The topological polar surface area (TPSA) is 54.4 Å². The predicted octanol–water partition coefficient (Wildman–Crippen LogP) is 2.22. The minimum atomic E-state index is -1.34. The lowest BCUT2D eigenvalue weighted by atomic mass is 9.91. The van der Waals surface area contributed by atoms with Crippen LogP contribution in [0.5, 0.6) is 0 Å². The standard InChI is InChI=1S/C12H14O3/c1-2-9(8-11(13)12(14)15)10-6-4-3-5-7-10/h3-7,9H,2,8H2,1H3,(H,14,15). The molecule has 0 heterocycles. The number of carboxylic acid groups (broad SMARTS) is 1. The molecule has 0 aromatic heterocycles. The van der Waals surface area contributed by atoms with Gasteiger partial charge in [-0.15, -0.1) is 0 Å². The summed E-state index contributed by atoms with van der Waals surface area (Å²) in [5, 5.41) is 8.52. The van der Waals surface area contributed by atoms with E-state index in [0.29, 0.717) is 0 Å². The molecule has 0 amide bonds. The zero-order valence-electron chi connectivity index (χ0n) is 8.64. The molecule has 0 spiro atoms. The second-order valence-corrected chi connectivity index (χ2v) is 3.45. The van der Waals surface area contributed by atoms with Crippen molar-refractivity contribution < 1.29 is 14.7 Å². The van der Waals surface area contributed by atoms with Gasteiger partial charge in [-0.1, -0.05) is 37.3 Å². The summed E-state index contributed by atoms with van der Waals surface area (Å²) < 4.78 is 0. The Morgan fingerprint density at radius 3 is 2.33 bits per heavy atom. The molecular weight excluding hydrogens is 192 g/mol. The van der Waals surface area contributed by atoms with Crippen LogP contribution in [-0.2, 0) is 9.59 Å². The molecule has 0 aliphatic heterocycles. The van der Waals surface area contributed by atoms with Gasteiger partial charge in [-0.25, -0.2) is 4.79 Å². The highest BCUT2D eigenvalue weighted by Crippen LogP contribution is 2.22. The Bertz CT molecular complexity index is 343. The molecular formula is C12H14O3. The molecule has 0 fully saturated rings. The minimum Gasteiger partial charge on any atom is -0.476 e. The first kappa shape index (κ1) is 11.4. The summed E-state index contributed by atoms with van der Waals surface area (Å²) in [5.74, 6) is -2.05. The Hall–Kier alpha value is -1.64. The SMILES string of the molecule is CCC(CC(=O)C(=O)O)c1ccccc1. The minimum absolute atomic E-state index is 0.00907. The maximum atomic E-state index is 11.1. The normalized spacial score (nSPS) is 12.1. The van der Waals surface area contributed by atoms with Gasteiger partial charge in [0.15, 0.2) is 0 Å². The lowest BCUT2D eigenvalue weighted by molar-refractivity contribution is -0.149. The van der Waals surface area contributed by atoms with E-state index < -0.39 is 11.8 Å². The summed E-state index contributed by atoms with van der Waals surface area (Å²) in [4.78, 5) is 21.5. The zero-order chi connectivity index (χ0) is 11.3. The summed E-state index contributed by atoms with van der Waals surface area (Å²) in [7, 11) is 0. The summed E-state index contributed by atoms with van der Waals surface area (Å²) in [6, 6.07) is 9.52. The number of ketones is 1. The van der Waals surface area contributed by atoms with Gasteiger partial charge in [-0.05, 0) is 17.9 Å². The summed E-state index contributed by atoms with van der Waals surface area (Å²) in [6.07, 6.45) is 0.846. The van der Waals surface area contributed by atoms with Crippen molar-refractivity contribution in [2.45, 2.75) is 25.7 Å². The van der Waals surface area contributed by atoms with Gasteiger partial charge in [-0.3, -0.25) is 4.79 Å². The van der Waals surface area contributed by atoms with Crippen molar-refractivity contribution in [3.05, 3.63) is 35.9 Å². The average molecular weight is 206 g/mol. The molecule has 0 saturated heterocycles. The Balaban J connectivity index is 2.73.